The third-order valence-corrected chi connectivity index (χ3v) is 3.75. The lowest BCUT2D eigenvalue weighted by Gasteiger charge is -2.28. The van der Waals surface area contributed by atoms with E-state index >= 15 is 0 Å². The first-order chi connectivity index (χ1) is 8.73. The number of amides is 1. The zero-order chi connectivity index (χ0) is 14.7. The standard InChI is InChI=1S/C14H18BrNO3/c1-8(2)9(3)16(4)13(17)10-5-11(14(18)19)7-12(15)6-10/h5-9H,1-4H3,(H,18,19). The van der Waals surface area contributed by atoms with Gasteiger partial charge in [-0.3, -0.25) is 4.79 Å². The minimum atomic E-state index is -1.05. The van der Waals surface area contributed by atoms with Crippen LogP contribution in [-0.2, 0) is 0 Å². The van der Waals surface area contributed by atoms with Crippen molar-refractivity contribution in [1.82, 2.24) is 4.90 Å². The number of carboxylic acids is 1. The molecule has 0 bridgehead atoms. The summed E-state index contributed by atoms with van der Waals surface area (Å²) in [5.74, 6) is -0.889. The summed E-state index contributed by atoms with van der Waals surface area (Å²) in [5, 5.41) is 9.01. The highest BCUT2D eigenvalue weighted by Gasteiger charge is 2.21. The number of rotatable bonds is 4. The molecule has 5 heteroatoms. The zero-order valence-corrected chi connectivity index (χ0v) is 13.1. The number of carbonyl (C=O) groups excluding carboxylic acids is 1. The summed E-state index contributed by atoms with van der Waals surface area (Å²) in [6, 6.07) is 4.60. The molecule has 4 nitrogen and oxygen atoms in total. The second kappa shape index (κ2) is 6.19. The Hall–Kier alpha value is -1.36. The Morgan fingerprint density at radius 1 is 1.16 bits per heavy atom. The van der Waals surface area contributed by atoms with E-state index < -0.39 is 5.97 Å². The summed E-state index contributed by atoms with van der Waals surface area (Å²) < 4.78 is 0.585. The van der Waals surface area contributed by atoms with Gasteiger partial charge in [0.15, 0.2) is 0 Å². The fourth-order valence-electron chi connectivity index (χ4n) is 1.67. The summed E-state index contributed by atoms with van der Waals surface area (Å²) in [7, 11) is 1.73. The van der Waals surface area contributed by atoms with Crippen LogP contribution in [0.25, 0.3) is 0 Å². The first-order valence-corrected chi connectivity index (χ1v) is 6.84. The van der Waals surface area contributed by atoms with Crippen LogP contribution in [0.2, 0.25) is 0 Å². The van der Waals surface area contributed by atoms with Crippen molar-refractivity contribution in [1.29, 1.82) is 0 Å². The fraction of sp³-hybridized carbons (Fsp3) is 0.429. The Bertz CT molecular complexity index is 499. The van der Waals surface area contributed by atoms with Crippen LogP contribution in [0, 0.1) is 5.92 Å². The van der Waals surface area contributed by atoms with Gasteiger partial charge in [0.25, 0.3) is 5.91 Å². The largest absolute Gasteiger partial charge is 0.478 e. The van der Waals surface area contributed by atoms with Crippen LogP contribution in [0.4, 0.5) is 0 Å². The first-order valence-electron chi connectivity index (χ1n) is 6.05. The van der Waals surface area contributed by atoms with Gasteiger partial charge in [0.05, 0.1) is 5.56 Å². The normalized spacial score (nSPS) is 12.3. The Labute approximate surface area is 121 Å². The van der Waals surface area contributed by atoms with Crippen molar-refractivity contribution in [3.8, 4) is 0 Å². The van der Waals surface area contributed by atoms with Crippen LogP contribution in [0.15, 0.2) is 22.7 Å². The average molecular weight is 328 g/mol. The third-order valence-electron chi connectivity index (χ3n) is 3.29. The van der Waals surface area contributed by atoms with Crippen molar-refractivity contribution in [3.05, 3.63) is 33.8 Å². The van der Waals surface area contributed by atoms with E-state index in [2.05, 4.69) is 15.9 Å². The minimum Gasteiger partial charge on any atom is -0.478 e. The summed E-state index contributed by atoms with van der Waals surface area (Å²) in [6.45, 7) is 6.05. The topological polar surface area (TPSA) is 57.6 Å². The van der Waals surface area contributed by atoms with Gasteiger partial charge in [-0.1, -0.05) is 29.8 Å². The Balaban J connectivity index is 3.09. The van der Waals surface area contributed by atoms with Gasteiger partial charge in [-0.05, 0) is 31.0 Å². The molecule has 0 aliphatic rings. The summed E-state index contributed by atoms with van der Waals surface area (Å²) in [6.07, 6.45) is 0. The van der Waals surface area contributed by atoms with Crippen LogP contribution in [0.3, 0.4) is 0 Å². The van der Waals surface area contributed by atoms with Crippen molar-refractivity contribution in [2.24, 2.45) is 5.92 Å². The summed E-state index contributed by atoms with van der Waals surface area (Å²) in [5.41, 5.74) is 0.477. The molecule has 19 heavy (non-hydrogen) atoms. The van der Waals surface area contributed by atoms with Gasteiger partial charge in [-0.25, -0.2) is 4.79 Å². The van der Waals surface area contributed by atoms with E-state index in [-0.39, 0.29) is 17.5 Å². The maximum absolute atomic E-state index is 12.3. The van der Waals surface area contributed by atoms with Crippen molar-refractivity contribution in [2.75, 3.05) is 7.05 Å². The van der Waals surface area contributed by atoms with Gasteiger partial charge >= 0.3 is 5.97 Å². The molecule has 0 spiro atoms. The second-order valence-corrected chi connectivity index (χ2v) is 5.85. The number of carbonyl (C=O) groups is 2. The molecule has 0 fully saturated rings. The fourth-order valence-corrected chi connectivity index (χ4v) is 2.17. The van der Waals surface area contributed by atoms with E-state index in [9.17, 15) is 9.59 Å². The zero-order valence-electron chi connectivity index (χ0n) is 11.5. The smallest absolute Gasteiger partial charge is 0.335 e. The lowest BCUT2D eigenvalue weighted by molar-refractivity contribution is 0.0696. The molecule has 0 radical (unpaired) electrons. The predicted octanol–water partition coefficient (Wildman–Crippen LogP) is 3.26. The highest BCUT2D eigenvalue weighted by atomic mass is 79.9. The number of benzene rings is 1. The molecular formula is C14H18BrNO3. The maximum Gasteiger partial charge on any atom is 0.335 e. The molecule has 0 aliphatic heterocycles. The molecule has 1 aromatic carbocycles. The van der Waals surface area contributed by atoms with Crippen molar-refractivity contribution in [3.63, 3.8) is 0 Å². The Morgan fingerprint density at radius 3 is 2.16 bits per heavy atom. The lowest BCUT2D eigenvalue weighted by atomic mass is 10.0. The Kier molecular flexibility index (Phi) is 5.11. The van der Waals surface area contributed by atoms with Gasteiger partial charge in [0.2, 0.25) is 0 Å². The van der Waals surface area contributed by atoms with Crippen LogP contribution in [-0.4, -0.2) is 35.0 Å². The van der Waals surface area contributed by atoms with E-state index in [1.54, 1.807) is 18.0 Å². The van der Waals surface area contributed by atoms with Gasteiger partial charge in [0, 0.05) is 23.1 Å². The van der Waals surface area contributed by atoms with Crippen LogP contribution in [0.1, 0.15) is 41.5 Å². The van der Waals surface area contributed by atoms with Crippen LogP contribution in [0.5, 0.6) is 0 Å². The minimum absolute atomic E-state index is 0.0831. The molecule has 0 aromatic heterocycles. The summed E-state index contributed by atoms with van der Waals surface area (Å²) >= 11 is 3.23. The van der Waals surface area contributed by atoms with Gasteiger partial charge in [0.1, 0.15) is 0 Å². The maximum atomic E-state index is 12.3. The van der Waals surface area contributed by atoms with E-state index in [0.717, 1.165) is 0 Å². The molecule has 1 atom stereocenters. The molecule has 1 N–H and O–H groups in total. The molecule has 1 aromatic rings. The van der Waals surface area contributed by atoms with Crippen molar-refractivity contribution >= 4 is 27.8 Å². The molecule has 104 valence electrons. The van der Waals surface area contributed by atoms with Crippen molar-refractivity contribution in [2.45, 2.75) is 26.8 Å². The molecule has 0 aliphatic carbocycles. The van der Waals surface area contributed by atoms with Crippen molar-refractivity contribution < 1.29 is 14.7 Å². The first kappa shape index (κ1) is 15.7. The molecule has 0 heterocycles. The average Bonchev–Trinajstić information content (AvgIpc) is 2.35. The molecule has 1 amide bonds. The lowest BCUT2D eigenvalue weighted by Crippen LogP contribution is -2.38. The molecule has 0 saturated heterocycles. The van der Waals surface area contributed by atoms with Crippen LogP contribution < -0.4 is 0 Å². The predicted molar refractivity (Wildman–Crippen MR) is 77.5 cm³/mol. The number of carboxylic acid groups (broad SMARTS) is 1. The molecule has 1 unspecified atom stereocenters. The van der Waals surface area contributed by atoms with Gasteiger partial charge < -0.3 is 10.0 Å². The number of halogens is 1. The SMILES string of the molecule is CC(C)C(C)N(C)C(=O)c1cc(Br)cc(C(=O)O)c1. The summed E-state index contributed by atoms with van der Waals surface area (Å²) in [4.78, 5) is 25.0. The van der Waals surface area contributed by atoms with E-state index in [4.69, 9.17) is 5.11 Å². The quantitative estimate of drug-likeness (QED) is 0.923. The number of hydrogen-bond acceptors (Lipinski definition) is 2. The highest BCUT2D eigenvalue weighted by Crippen LogP contribution is 2.19. The monoisotopic (exact) mass is 327 g/mol. The Morgan fingerprint density at radius 2 is 1.68 bits per heavy atom. The highest BCUT2D eigenvalue weighted by molar-refractivity contribution is 9.10. The molecule has 1 rings (SSSR count). The second-order valence-electron chi connectivity index (χ2n) is 4.93. The van der Waals surface area contributed by atoms with E-state index in [1.165, 1.54) is 12.1 Å². The molecule has 0 saturated carbocycles. The van der Waals surface area contributed by atoms with Gasteiger partial charge in [-0.2, -0.15) is 0 Å². The number of aromatic carboxylic acids is 1. The number of hydrogen-bond donors (Lipinski definition) is 1. The van der Waals surface area contributed by atoms with Crippen LogP contribution >= 0.6 is 15.9 Å². The third kappa shape index (κ3) is 3.80. The molecular weight excluding hydrogens is 310 g/mol. The van der Waals surface area contributed by atoms with E-state index in [0.29, 0.717) is 16.0 Å². The van der Waals surface area contributed by atoms with E-state index in [1.807, 2.05) is 20.8 Å². The van der Waals surface area contributed by atoms with Gasteiger partial charge in [-0.15, -0.1) is 0 Å². The number of nitrogens with zero attached hydrogens (tertiary/aromatic N) is 1.